The van der Waals surface area contributed by atoms with Gasteiger partial charge < -0.3 is 10.1 Å². The summed E-state index contributed by atoms with van der Waals surface area (Å²) in [6, 6.07) is 18.0. The number of aryl methyl sites for hydroxylation is 2. The molecule has 0 saturated carbocycles. The minimum atomic E-state index is -0.401. The van der Waals surface area contributed by atoms with Crippen molar-refractivity contribution in [2.45, 2.75) is 19.8 Å². The summed E-state index contributed by atoms with van der Waals surface area (Å²) in [5.74, 6) is -0.618. The Balaban J connectivity index is 1.57. The second-order valence-electron chi connectivity index (χ2n) is 6.45. The third-order valence-electron chi connectivity index (χ3n) is 4.32. The van der Waals surface area contributed by atoms with Gasteiger partial charge in [0.05, 0.1) is 12.2 Å². The average molecular weight is 374 g/mol. The lowest BCUT2D eigenvalue weighted by molar-refractivity contribution is 0.0500. The highest BCUT2D eigenvalue weighted by Gasteiger charge is 2.12. The van der Waals surface area contributed by atoms with Crippen molar-refractivity contribution in [2.24, 2.45) is 0 Å². The van der Waals surface area contributed by atoms with E-state index >= 15 is 0 Å². The van der Waals surface area contributed by atoms with E-state index in [0.717, 1.165) is 24.0 Å². The number of nitrogens with zero attached hydrogens (tertiary/aromatic N) is 1. The van der Waals surface area contributed by atoms with Gasteiger partial charge in [0.1, 0.15) is 0 Å². The van der Waals surface area contributed by atoms with E-state index in [1.54, 1.807) is 48.7 Å². The lowest BCUT2D eigenvalue weighted by atomic mass is 10.1. The van der Waals surface area contributed by atoms with Gasteiger partial charge in [0, 0.05) is 23.6 Å². The number of hydrogen-bond acceptors (Lipinski definition) is 4. The number of carbonyl (C=O) groups is 2. The van der Waals surface area contributed by atoms with E-state index in [1.807, 2.05) is 31.3 Å². The fraction of sp³-hybridized carbons (Fsp3) is 0.174. The third kappa shape index (κ3) is 5.27. The van der Waals surface area contributed by atoms with Crippen molar-refractivity contribution >= 4 is 17.6 Å². The lowest BCUT2D eigenvalue weighted by Gasteiger charge is -2.11. The molecule has 0 saturated heterocycles. The first kappa shape index (κ1) is 19.3. The molecule has 2 aromatic carbocycles. The normalized spacial score (nSPS) is 10.3. The maximum absolute atomic E-state index is 12.4. The number of ether oxygens (including phenoxy) is 1. The number of carbonyl (C=O) groups excluding carboxylic acids is 2. The van der Waals surface area contributed by atoms with E-state index in [4.69, 9.17) is 4.74 Å². The Hall–Kier alpha value is -3.47. The van der Waals surface area contributed by atoms with Crippen LogP contribution in [0.1, 0.15) is 38.3 Å². The van der Waals surface area contributed by atoms with Gasteiger partial charge in [0.15, 0.2) is 0 Å². The molecule has 0 fully saturated rings. The molecule has 0 aliphatic carbocycles. The molecule has 1 heterocycles. The van der Waals surface area contributed by atoms with Crippen molar-refractivity contribution < 1.29 is 14.3 Å². The van der Waals surface area contributed by atoms with Gasteiger partial charge in [-0.1, -0.05) is 30.3 Å². The van der Waals surface area contributed by atoms with Gasteiger partial charge in [-0.15, -0.1) is 0 Å². The zero-order valence-corrected chi connectivity index (χ0v) is 15.7. The van der Waals surface area contributed by atoms with Gasteiger partial charge in [-0.3, -0.25) is 9.78 Å². The highest BCUT2D eigenvalue weighted by Crippen LogP contribution is 2.19. The van der Waals surface area contributed by atoms with Crippen molar-refractivity contribution in [1.29, 1.82) is 0 Å². The number of benzene rings is 2. The smallest absolute Gasteiger partial charge is 0.338 e. The molecule has 0 atom stereocenters. The molecule has 0 aliphatic heterocycles. The number of hydrogen-bond donors (Lipinski definition) is 1. The fourth-order valence-electron chi connectivity index (χ4n) is 2.74. The van der Waals surface area contributed by atoms with Crippen LogP contribution >= 0.6 is 0 Å². The zero-order chi connectivity index (χ0) is 19.8. The van der Waals surface area contributed by atoms with Gasteiger partial charge in [0.2, 0.25) is 0 Å². The summed E-state index contributed by atoms with van der Waals surface area (Å²) < 4.78 is 5.36. The lowest BCUT2D eigenvalue weighted by Crippen LogP contribution is -2.14. The van der Waals surface area contributed by atoms with Crippen molar-refractivity contribution in [1.82, 2.24) is 4.98 Å². The van der Waals surface area contributed by atoms with E-state index in [0.29, 0.717) is 23.4 Å². The van der Waals surface area contributed by atoms with Gasteiger partial charge in [-0.25, -0.2) is 4.79 Å². The second kappa shape index (κ2) is 9.46. The first-order valence-electron chi connectivity index (χ1n) is 9.16. The maximum atomic E-state index is 12.4. The number of aromatic nitrogens is 1. The molecular weight excluding hydrogens is 352 g/mol. The summed E-state index contributed by atoms with van der Waals surface area (Å²) in [4.78, 5) is 28.8. The van der Waals surface area contributed by atoms with Crippen LogP contribution in [0.2, 0.25) is 0 Å². The Kier molecular flexibility index (Phi) is 6.52. The van der Waals surface area contributed by atoms with E-state index in [9.17, 15) is 9.59 Å². The predicted molar refractivity (Wildman–Crippen MR) is 108 cm³/mol. The molecule has 0 radical (unpaired) electrons. The Morgan fingerprint density at radius 1 is 1.00 bits per heavy atom. The fourth-order valence-corrected chi connectivity index (χ4v) is 2.74. The second-order valence-corrected chi connectivity index (χ2v) is 6.45. The molecule has 28 heavy (non-hydrogen) atoms. The molecule has 1 amide bonds. The number of anilines is 1. The molecule has 0 spiro atoms. The van der Waals surface area contributed by atoms with Crippen molar-refractivity contribution in [3.63, 3.8) is 0 Å². The van der Waals surface area contributed by atoms with Gasteiger partial charge in [-0.05, 0) is 61.2 Å². The monoisotopic (exact) mass is 374 g/mol. The van der Waals surface area contributed by atoms with Gasteiger partial charge >= 0.3 is 5.97 Å². The Morgan fingerprint density at radius 3 is 2.57 bits per heavy atom. The number of amides is 1. The maximum Gasteiger partial charge on any atom is 0.338 e. The quantitative estimate of drug-likeness (QED) is 0.491. The van der Waals surface area contributed by atoms with Crippen LogP contribution in [0.5, 0.6) is 0 Å². The summed E-state index contributed by atoms with van der Waals surface area (Å²) in [6.45, 7) is 2.21. The summed E-state index contributed by atoms with van der Waals surface area (Å²) in [6.07, 6.45) is 5.06. The molecule has 1 aromatic heterocycles. The topological polar surface area (TPSA) is 68.3 Å². The van der Waals surface area contributed by atoms with Gasteiger partial charge in [-0.2, -0.15) is 0 Å². The minimum Gasteiger partial charge on any atom is -0.462 e. The number of esters is 1. The van der Waals surface area contributed by atoms with Crippen LogP contribution in [0.15, 0.2) is 73.1 Å². The number of rotatable bonds is 7. The molecule has 0 aliphatic rings. The molecule has 0 unspecified atom stereocenters. The van der Waals surface area contributed by atoms with Crippen LogP contribution in [0.25, 0.3) is 0 Å². The summed E-state index contributed by atoms with van der Waals surface area (Å²) in [7, 11) is 0. The van der Waals surface area contributed by atoms with Crippen LogP contribution in [-0.2, 0) is 11.2 Å². The molecule has 0 bridgehead atoms. The Morgan fingerprint density at radius 2 is 1.82 bits per heavy atom. The van der Waals surface area contributed by atoms with E-state index in [2.05, 4.69) is 10.3 Å². The molecule has 5 nitrogen and oxygen atoms in total. The van der Waals surface area contributed by atoms with Crippen LogP contribution < -0.4 is 5.32 Å². The molecule has 1 N–H and O–H groups in total. The predicted octanol–water partition coefficient (Wildman–Crippen LogP) is 4.43. The van der Waals surface area contributed by atoms with Crippen molar-refractivity contribution in [3.8, 4) is 0 Å². The first-order valence-corrected chi connectivity index (χ1v) is 9.16. The van der Waals surface area contributed by atoms with Crippen LogP contribution in [-0.4, -0.2) is 23.5 Å². The summed E-state index contributed by atoms with van der Waals surface area (Å²) >= 11 is 0. The summed E-state index contributed by atoms with van der Waals surface area (Å²) in [5.41, 5.74) is 3.55. The highest BCUT2D eigenvalue weighted by molar-refractivity contribution is 6.05. The molecule has 3 aromatic rings. The molecule has 142 valence electrons. The first-order chi connectivity index (χ1) is 13.6. The standard InChI is InChI=1S/C23H22N2O3/c1-17-11-12-20(15-21(17)25-22(26)19-9-3-2-4-10-19)23(27)28-14-6-8-18-7-5-13-24-16-18/h2-5,7,9-13,15-16H,6,8,14H2,1H3,(H,25,26). The third-order valence-corrected chi connectivity index (χ3v) is 4.32. The zero-order valence-electron chi connectivity index (χ0n) is 15.7. The van der Waals surface area contributed by atoms with Gasteiger partial charge in [0.25, 0.3) is 5.91 Å². The Labute approximate surface area is 164 Å². The van der Waals surface area contributed by atoms with E-state index in [1.165, 1.54) is 0 Å². The van der Waals surface area contributed by atoms with Crippen LogP contribution in [0, 0.1) is 6.92 Å². The van der Waals surface area contributed by atoms with Crippen molar-refractivity contribution in [2.75, 3.05) is 11.9 Å². The van der Waals surface area contributed by atoms with Crippen LogP contribution in [0.4, 0.5) is 5.69 Å². The largest absolute Gasteiger partial charge is 0.462 e. The SMILES string of the molecule is Cc1ccc(C(=O)OCCCc2cccnc2)cc1NC(=O)c1ccccc1. The van der Waals surface area contributed by atoms with E-state index < -0.39 is 5.97 Å². The Bertz CT molecular complexity index is 941. The van der Waals surface area contributed by atoms with E-state index in [-0.39, 0.29) is 5.91 Å². The summed E-state index contributed by atoms with van der Waals surface area (Å²) in [5, 5.41) is 2.86. The molecule has 5 heteroatoms. The molecule has 3 rings (SSSR count). The molecular formula is C23H22N2O3. The average Bonchev–Trinajstić information content (AvgIpc) is 2.74. The van der Waals surface area contributed by atoms with Crippen LogP contribution in [0.3, 0.4) is 0 Å². The number of pyridine rings is 1. The highest BCUT2D eigenvalue weighted by atomic mass is 16.5. The van der Waals surface area contributed by atoms with Crippen molar-refractivity contribution in [3.05, 3.63) is 95.3 Å². The number of nitrogens with one attached hydrogen (secondary N) is 1. The minimum absolute atomic E-state index is 0.217.